The van der Waals surface area contributed by atoms with E-state index in [9.17, 15) is 9.50 Å². The molecular formula is C16H16FNO. The molecule has 2 nitrogen and oxygen atoms in total. The Labute approximate surface area is 111 Å². The number of anilines is 1. The van der Waals surface area contributed by atoms with Crippen molar-refractivity contribution in [2.24, 2.45) is 0 Å². The van der Waals surface area contributed by atoms with Crippen LogP contribution in [0.3, 0.4) is 0 Å². The number of benzene rings is 2. The molecule has 0 radical (unpaired) electrons. The SMILES string of the molecule is Cc1cc(NC2CCc3c(F)cccc32)ccc1O. The van der Waals surface area contributed by atoms with E-state index in [4.69, 9.17) is 0 Å². The quantitative estimate of drug-likeness (QED) is 0.799. The van der Waals surface area contributed by atoms with Gasteiger partial charge in [-0.05, 0) is 60.7 Å². The van der Waals surface area contributed by atoms with E-state index >= 15 is 0 Å². The second-order valence-corrected chi connectivity index (χ2v) is 5.04. The van der Waals surface area contributed by atoms with Crippen LogP contribution in [-0.4, -0.2) is 5.11 Å². The van der Waals surface area contributed by atoms with Gasteiger partial charge in [0.1, 0.15) is 11.6 Å². The van der Waals surface area contributed by atoms with Crippen molar-refractivity contribution in [3.63, 3.8) is 0 Å². The molecule has 2 N–H and O–H groups in total. The van der Waals surface area contributed by atoms with Crippen LogP contribution in [0.2, 0.25) is 0 Å². The summed E-state index contributed by atoms with van der Waals surface area (Å²) in [6, 6.07) is 10.8. The molecule has 1 unspecified atom stereocenters. The van der Waals surface area contributed by atoms with Gasteiger partial charge in [-0.1, -0.05) is 12.1 Å². The fourth-order valence-electron chi connectivity index (χ4n) is 2.71. The third-order valence-electron chi connectivity index (χ3n) is 3.75. The minimum Gasteiger partial charge on any atom is -0.508 e. The molecule has 0 saturated heterocycles. The molecule has 3 heteroatoms. The summed E-state index contributed by atoms with van der Waals surface area (Å²) in [5, 5.41) is 12.9. The molecule has 1 atom stereocenters. The number of aromatic hydroxyl groups is 1. The molecule has 0 aliphatic heterocycles. The number of fused-ring (bicyclic) bond motifs is 1. The monoisotopic (exact) mass is 257 g/mol. The van der Waals surface area contributed by atoms with Crippen molar-refractivity contribution in [3.05, 3.63) is 58.9 Å². The van der Waals surface area contributed by atoms with Gasteiger partial charge >= 0.3 is 0 Å². The summed E-state index contributed by atoms with van der Waals surface area (Å²) >= 11 is 0. The van der Waals surface area contributed by atoms with Crippen LogP contribution in [0, 0.1) is 12.7 Å². The van der Waals surface area contributed by atoms with Crippen LogP contribution in [-0.2, 0) is 6.42 Å². The van der Waals surface area contributed by atoms with E-state index in [2.05, 4.69) is 5.32 Å². The lowest BCUT2D eigenvalue weighted by Gasteiger charge is -2.16. The summed E-state index contributed by atoms with van der Waals surface area (Å²) in [5.41, 5.74) is 3.67. The summed E-state index contributed by atoms with van der Waals surface area (Å²) in [4.78, 5) is 0. The maximum Gasteiger partial charge on any atom is 0.126 e. The average molecular weight is 257 g/mol. The molecule has 0 aromatic heterocycles. The van der Waals surface area contributed by atoms with Crippen LogP contribution in [0.25, 0.3) is 0 Å². The molecule has 0 heterocycles. The third kappa shape index (κ3) is 2.16. The Morgan fingerprint density at radius 2 is 2.11 bits per heavy atom. The molecule has 19 heavy (non-hydrogen) atoms. The van der Waals surface area contributed by atoms with E-state index in [1.807, 2.05) is 25.1 Å². The molecule has 1 aliphatic carbocycles. The van der Waals surface area contributed by atoms with Crippen LogP contribution in [0.1, 0.15) is 29.2 Å². The molecular weight excluding hydrogens is 241 g/mol. The van der Waals surface area contributed by atoms with Crippen molar-refractivity contribution in [2.75, 3.05) is 5.32 Å². The summed E-state index contributed by atoms with van der Waals surface area (Å²) in [6.45, 7) is 1.86. The molecule has 0 bridgehead atoms. The highest BCUT2D eigenvalue weighted by molar-refractivity contribution is 5.53. The highest BCUT2D eigenvalue weighted by Crippen LogP contribution is 2.35. The number of rotatable bonds is 2. The highest BCUT2D eigenvalue weighted by Gasteiger charge is 2.24. The largest absolute Gasteiger partial charge is 0.508 e. The molecule has 0 fully saturated rings. The summed E-state index contributed by atoms with van der Waals surface area (Å²) in [6.07, 6.45) is 1.67. The lowest BCUT2D eigenvalue weighted by molar-refractivity contribution is 0.471. The Kier molecular flexibility index (Phi) is 2.90. The first kappa shape index (κ1) is 12.0. The topological polar surface area (TPSA) is 32.3 Å². The van der Waals surface area contributed by atoms with E-state index in [1.54, 1.807) is 12.1 Å². The standard InChI is InChI=1S/C16H16FNO/c1-10-9-11(5-8-16(10)19)18-15-7-6-12-13(15)3-2-4-14(12)17/h2-5,8-9,15,18-19H,6-7H2,1H3. The van der Waals surface area contributed by atoms with Gasteiger partial charge in [-0.25, -0.2) is 4.39 Å². The zero-order chi connectivity index (χ0) is 13.4. The van der Waals surface area contributed by atoms with Gasteiger partial charge in [0.05, 0.1) is 6.04 Å². The molecule has 0 saturated carbocycles. The summed E-state index contributed by atoms with van der Waals surface area (Å²) < 4.78 is 13.7. The van der Waals surface area contributed by atoms with E-state index in [-0.39, 0.29) is 11.9 Å². The van der Waals surface area contributed by atoms with Gasteiger partial charge in [0.25, 0.3) is 0 Å². The van der Waals surface area contributed by atoms with E-state index in [1.165, 1.54) is 6.07 Å². The van der Waals surface area contributed by atoms with Crippen molar-refractivity contribution < 1.29 is 9.50 Å². The molecule has 3 rings (SSSR count). The molecule has 1 aliphatic rings. The second kappa shape index (κ2) is 4.57. The fraction of sp³-hybridized carbons (Fsp3) is 0.250. The van der Waals surface area contributed by atoms with E-state index in [0.29, 0.717) is 5.75 Å². The maximum atomic E-state index is 13.7. The van der Waals surface area contributed by atoms with E-state index < -0.39 is 0 Å². The van der Waals surface area contributed by atoms with Gasteiger partial charge < -0.3 is 10.4 Å². The first-order valence-electron chi connectivity index (χ1n) is 6.48. The van der Waals surface area contributed by atoms with Crippen LogP contribution in [0.5, 0.6) is 5.75 Å². The number of aryl methyl sites for hydroxylation is 1. The molecule has 2 aromatic rings. The summed E-state index contributed by atoms with van der Waals surface area (Å²) in [5.74, 6) is 0.187. The van der Waals surface area contributed by atoms with Gasteiger partial charge in [-0.3, -0.25) is 0 Å². The first-order chi connectivity index (χ1) is 9.15. The minimum absolute atomic E-state index is 0.108. The fourth-order valence-corrected chi connectivity index (χ4v) is 2.71. The van der Waals surface area contributed by atoms with Crippen LogP contribution in [0.4, 0.5) is 10.1 Å². The van der Waals surface area contributed by atoms with Crippen LogP contribution < -0.4 is 5.32 Å². The van der Waals surface area contributed by atoms with E-state index in [0.717, 1.165) is 35.2 Å². The third-order valence-corrected chi connectivity index (χ3v) is 3.75. The number of hydrogen-bond donors (Lipinski definition) is 2. The number of phenolic OH excluding ortho intramolecular Hbond substituents is 1. The van der Waals surface area contributed by atoms with Crippen molar-refractivity contribution in [2.45, 2.75) is 25.8 Å². The van der Waals surface area contributed by atoms with Gasteiger partial charge in [-0.15, -0.1) is 0 Å². The van der Waals surface area contributed by atoms with Gasteiger partial charge in [0, 0.05) is 5.69 Å². The first-order valence-corrected chi connectivity index (χ1v) is 6.48. The second-order valence-electron chi connectivity index (χ2n) is 5.04. The van der Waals surface area contributed by atoms with Crippen molar-refractivity contribution in [1.29, 1.82) is 0 Å². The Morgan fingerprint density at radius 3 is 2.89 bits per heavy atom. The van der Waals surface area contributed by atoms with Gasteiger partial charge in [0.2, 0.25) is 0 Å². The minimum atomic E-state index is -0.108. The highest BCUT2D eigenvalue weighted by atomic mass is 19.1. The normalized spacial score (nSPS) is 17.3. The maximum absolute atomic E-state index is 13.7. The van der Waals surface area contributed by atoms with Crippen LogP contribution in [0.15, 0.2) is 36.4 Å². The zero-order valence-corrected chi connectivity index (χ0v) is 10.8. The smallest absolute Gasteiger partial charge is 0.126 e. The average Bonchev–Trinajstić information content (AvgIpc) is 2.79. The van der Waals surface area contributed by atoms with Crippen molar-refractivity contribution >= 4 is 5.69 Å². The molecule has 0 amide bonds. The Hall–Kier alpha value is -2.03. The zero-order valence-electron chi connectivity index (χ0n) is 10.8. The predicted octanol–water partition coefficient (Wildman–Crippen LogP) is 3.94. The predicted molar refractivity (Wildman–Crippen MR) is 73.9 cm³/mol. The van der Waals surface area contributed by atoms with Crippen molar-refractivity contribution in [3.8, 4) is 5.75 Å². The molecule has 0 spiro atoms. The Bertz CT molecular complexity index is 624. The molecule has 98 valence electrons. The number of halogens is 1. The van der Waals surface area contributed by atoms with Gasteiger partial charge in [-0.2, -0.15) is 0 Å². The number of phenols is 1. The summed E-state index contributed by atoms with van der Waals surface area (Å²) in [7, 11) is 0. The molecule has 2 aromatic carbocycles. The lowest BCUT2D eigenvalue weighted by Crippen LogP contribution is -2.07. The Balaban J connectivity index is 1.86. The number of nitrogens with one attached hydrogen (secondary N) is 1. The number of hydrogen-bond acceptors (Lipinski definition) is 2. The van der Waals surface area contributed by atoms with Crippen LogP contribution >= 0.6 is 0 Å². The van der Waals surface area contributed by atoms with Gasteiger partial charge in [0.15, 0.2) is 0 Å². The Morgan fingerprint density at radius 1 is 1.26 bits per heavy atom. The lowest BCUT2D eigenvalue weighted by atomic mass is 10.1. The van der Waals surface area contributed by atoms with Crippen molar-refractivity contribution in [1.82, 2.24) is 0 Å².